The van der Waals surface area contributed by atoms with Crippen LogP contribution in [-0.2, 0) is 6.42 Å². The molecule has 1 aromatic heterocycles. The van der Waals surface area contributed by atoms with E-state index in [2.05, 4.69) is 5.10 Å². The highest BCUT2D eigenvalue weighted by molar-refractivity contribution is 5.41. The Hall–Kier alpha value is -1.43. The van der Waals surface area contributed by atoms with Crippen LogP contribution in [0.15, 0.2) is 0 Å². The first-order valence-electron chi connectivity index (χ1n) is 6.64. The lowest BCUT2D eigenvalue weighted by Gasteiger charge is -2.15. The third-order valence-corrected chi connectivity index (χ3v) is 2.99. The van der Waals surface area contributed by atoms with Crippen LogP contribution in [0.4, 0.5) is 5.69 Å². The van der Waals surface area contributed by atoms with E-state index in [0.717, 1.165) is 0 Å². The summed E-state index contributed by atoms with van der Waals surface area (Å²) in [6.45, 7) is 9.52. The highest BCUT2D eigenvalue weighted by Gasteiger charge is 2.27. The van der Waals surface area contributed by atoms with E-state index >= 15 is 0 Å². The minimum absolute atomic E-state index is 0.0358. The molecule has 1 heterocycles. The summed E-state index contributed by atoms with van der Waals surface area (Å²) in [5.41, 5.74) is 0.965. The Kier molecular flexibility index (Phi) is 5.05. The first-order chi connectivity index (χ1) is 8.73. The van der Waals surface area contributed by atoms with Crippen LogP contribution in [0, 0.1) is 23.0 Å². The van der Waals surface area contributed by atoms with Crippen molar-refractivity contribution >= 4 is 5.69 Å². The maximum atomic E-state index is 11.2. The summed E-state index contributed by atoms with van der Waals surface area (Å²) >= 11 is 0. The lowest BCUT2D eigenvalue weighted by molar-refractivity contribution is -0.386. The third-order valence-electron chi connectivity index (χ3n) is 2.99. The fourth-order valence-corrected chi connectivity index (χ4v) is 2.29. The van der Waals surface area contributed by atoms with Gasteiger partial charge >= 0.3 is 5.69 Å². The molecule has 6 nitrogen and oxygen atoms in total. The van der Waals surface area contributed by atoms with Crippen molar-refractivity contribution in [1.82, 2.24) is 9.78 Å². The van der Waals surface area contributed by atoms with Crippen molar-refractivity contribution in [2.45, 2.75) is 59.6 Å². The van der Waals surface area contributed by atoms with Gasteiger partial charge in [-0.2, -0.15) is 5.10 Å². The molecule has 0 aliphatic carbocycles. The van der Waals surface area contributed by atoms with E-state index < -0.39 is 11.0 Å². The molecule has 1 aromatic rings. The number of aryl methyl sites for hydroxylation is 1. The van der Waals surface area contributed by atoms with E-state index in [1.165, 1.54) is 0 Å². The molecule has 0 saturated heterocycles. The van der Waals surface area contributed by atoms with Crippen LogP contribution < -0.4 is 0 Å². The maximum absolute atomic E-state index is 11.2. The number of aromatic nitrogens is 2. The highest BCUT2D eigenvalue weighted by atomic mass is 16.6. The van der Waals surface area contributed by atoms with Gasteiger partial charge in [0.25, 0.3) is 0 Å². The van der Waals surface area contributed by atoms with Crippen molar-refractivity contribution in [3.63, 3.8) is 0 Å². The molecule has 0 aliphatic heterocycles. The van der Waals surface area contributed by atoms with Crippen LogP contribution in [0.2, 0.25) is 0 Å². The molecular formula is C13H23N3O3. The summed E-state index contributed by atoms with van der Waals surface area (Å²) in [5.74, 6) is 0.352. The molecule has 0 saturated carbocycles. The van der Waals surface area contributed by atoms with Crippen LogP contribution in [0.25, 0.3) is 0 Å². The summed E-state index contributed by atoms with van der Waals surface area (Å²) in [5, 5.41) is 25.4. The van der Waals surface area contributed by atoms with Gasteiger partial charge < -0.3 is 5.11 Å². The monoisotopic (exact) mass is 269 g/mol. The van der Waals surface area contributed by atoms with Gasteiger partial charge in [-0.25, -0.2) is 0 Å². The second-order valence-electron chi connectivity index (χ2n) is 5.66. The quantitative estimate of drug-likeness (QED) is 0.635. The van der Waals surface area contributed by atoms with E-state index in [9.17, 15) is 15.2 Å². The standard InChI is InChI=1S/C13H23N3O3/c1-8(2)6-11(17)7-12-13(16(18)19)10(5)14-15(12)9(3)4/h8-9,11,17H,6-7H2,1-5H3. The van der Waals surface area contributed by atoms with Gasteiger partial charge in [-0.15, -0.1) is 0 Å². The Morgan fingerprint density at radius 3 is 2.37 bits per heavy atom. The van der Waals surface area contributed by atoms with Crippen LogP contribution in [-0.4, -0.2) is 25.9 Å². The molecule has 0 amide bonds. The second-order valence-corrected chi connectivity index (χ2v) is 5.66. The Balaban J connectivity index is 3.12. The first-order valence-corrected chi connectivity index (χ1v) is 6.64. The van der Waals surface area contributed by atoms with E-state index in [-0.39, 0.29) is 18.2 Å². The van der Waals surface area contributed by atoms with Crippen LogP contribution in [0.3, 0.4) is 0 Å². The predicted octanol–water partition coefficient (Wildman–Crippen LogP) is 2.63. The molecule has 1 N–H and O–H groups in total. The number of hydrogen-bond acceptors (Lipinski definition) is 4. The van der Waals surface area contributed by atoms with Crippen LogP contribution >= 0.6 is 0 Å². The average molecular weight is 269 g/mol. The summed E-state index contributed by atoms with van der Waals surface area (Å²) in [4.78, 5) is 10.7. The zero-order chi connectivity index (χ0) is 14.7. The highest BCUT2D eigenvalue weighted by Crippen LogP contribution is 2.27. The zero-order valence-corrected chi connectivity index (χ0v) is 12.3. The minimum Gasteiger partial charge on any atom is -0.393 e. The van der Waals surface area contributed by atoms with Crippen LogP contribution in [0.5, 0.6) is 0 Å². The van der Waals surface area contributed by atoms with E-state index in [0.29, 0.717) is 23.7 Å². The summed E-state index contributed by atoms with van der Waals surface area (Å²) in [7, 11) is 0. The fourth-order valence-electron chi connectivity index (χ4n) is 2.29. The van der Waals surface area contributed by atoms with Crippen LogP contribution in [0.1, 0.15) is 51.5 Å². The normalized spacial score (nSPS) is 13.3. The molecule has 1 rings (SSSR count). The number of aliphatic hydroxyl groups is 1. The van der Waals surface area contributed by atoms with Crippen molar-refractivity contribution in [1.29, 1.82) is 0 Å². The molecular weight excluding hydrogens is 246 g/mol. The maximum Gasteiger partial charge on any atom is 0.313 e. The molecule has 0 radical (unpaired) electrons. The third kappa shape index (κ3) is 3.76. The number of nitro groups is 1. The summed E-state index contributed by atoms with van der Waals surface area (Å²) < 4.78 is 1.65. The number of nitrogens with zero attached hydrogens (tertiary/aromatic N) is 3. The average Bonchev–Trinajstić information content (AvgIpc) is 2.53. The van der Waals surface area contributed by atoms with Gasteiger partial charge in [0, 0.05) is 12.5 Å². The van der Waals surface area contributed by atoms with E-state index in [1.807, 2.05) is 27.7 Å². The van der Waals surface area contributed by atoms with E-state index in [4.69, 9.17) is 0 Å². The van der Waals surface area contributed by atoms with Gasteiger partial charge in [-0.05, 0) is 33.1 Å². The number of rotatable bonds is 6. The Bertz CT molecular complexity index is 452. The largest absolute Gasteiger partial charge is 0.393 e. The summed E-state index contributed by atoms with van der Waals surface area (Å²) in [6, 6.07) is 0.0358. The van der Waals surface area contributed by atoms with Crippen molar-refractivity contribution in [2.24, 2.45) is 5.92 Å². The smallest absolute Gasteiger partial charge is 0.313 e. The van der Waals surface area contributed by atoms with Gasteiger partial charge in [-0.1, -0.05) is 13.8 Å². The van der Waals surface area contributed by atoms with Gasteiger partial charge in [0.1, 0.15) is 11.4 Å². The second kappa shape index (κ2) is 6.14. The van der Waals surface area contributed by atoms with Gasteiger partial charge in [0.15, 0.2) is 0 Å². The number of aliphatic hydroxyl groups excluding tert-OH is 1. The Morgan fingerprint density at radius 2 is 1.95 bits per heavy atom. The van der Waals surface area contributed by atoms with E-state index in [1.54, 1.807) is 11.6 Å². The van der Waals surface area contributed by atoms with Gasteiger partial charge in [0.2, 0.25) is 0 Å². The molecule has 19 heavy (non-hydrogen) atoms. The van der Waals surface area contributed by atoms with Gasteiger partial charge in [-0.3, -0.25) is 14.8 Å². The first kappa shape index (κ1) is 15.6. The molecule has 6 heteroatoms. The molecule has 1 unspecified atom stereocenters. The topological polar surface area (TPSA) is 81.2 Å². The number of hydrogen-bond donors (Lipinski definition) is 1. The van der Waals surface area contributed by atoms with Crippen molar-refractivity contribution in [2.75, 3.05) is 0 Å². The Labute approximate surface area is 113 Å². The Morgan fingerprint density at radius 1 is 1.37 bits per heavy atom. The summed E-state index contributed by atoms with van der Waals surface area (Å²) in [6.07, 6.45) is 0.319. The molecule has 0 aromatic carbocycles. The SMILES string of the molecule is Cc1nn(C(C)C)c(CC(O)CC(C)C)c1[N+](=O)[O-]. The lowest BCUT2D eigenvalue weighted by Crippen LogP contribution is -2.18. The minimum atomic E-state index is -0.577. The molecule has 0 spiro atoms. The lowest BCUT2D eigenvalue weighted by atomic mass is 10.0. The molecule has 108 valence electrons. The molecule has 0 aliphatic rings. The fraction of sp³-hybridized carbons (Fsp3) is 0.769. The molecule has 1 atom stereocenters. The van der Waals surface area contributed by atoms with Crippen molar-refractivity contribution in [3.05, 3.63) is 21.5 Å². The zero-order valence-electron chi connectivity index (χ0n) is 12.3. The molecule has 0 bridgehead atoms. The van der Waals surface area contributed by atoms with Crippen molar-refractivity contribution in [3.8, 4) is 0 Å². The molecule has 0 fully saturated rings. The van der Waals surface area contributed by atoms with Crippen molar-refractivity contribution < 1.29 is 10.0 Å². The van der Waals surface area contributed by atoms with Gasteiger partial charge in [0.05, 0.1) is 11.0 Å². The predicted molar refractivity (Wildman–Crippen MR) is 73.2 cm³/mol.